The fraction of sp³-hybridized carbons (Fsp3) is 0.312. The van der Waals surface area contributed by atoms with Gasteiger partial charge in [0, 0.05) is 11.8 Å². The second-order valence-corrected chi connectivity index (χ2v) is 5.29. The van der Waals surface area contributed by atoms with Gasteiger partial charge in [0.25, 0.3) is 5.91 Å². The highest BCUT2D eigenvalue weighted by Crippen LogP contribution is 2.12. The van der Waals surface area contributed by atoms with Crippen LogP contribution in [0.1, 0.15) is 24.3 Å². The minimum absolute atomic E-state index is 0.00673. The van der Waals surface area contributed by atoms with Crippen molar-refractivity contribution in [3.63, 3.8) is 0 Å². The van der Waals surface area contributed by atoms with Crippen LogP contribution in [0.3, 0.4) is 0 Å². The number of nitrogens with one attached hydrogen (secondary N) is 2. The van der Waals surface area contributed by atoms with Crippen molar-refractivity contribution in [3.05, 3.63) is 48.4 Å². The molecule has 0 bridgehead atoms. The van der Waals surface area contributed by atoms with Crippen LogP contribution in [0.2, 0.25) is 0 Å². The first-order valence-corrected chi connectivity index (χ1v) is 7.16. The molecule has 2 aromatic rings. The molecule has 0 radical (unpaired) electrons. The van der Waals surface area contributed by atoms with Crippen LogP contribution < -0.4 is 10.6 Å². The molecule has 6 nitrogen and oxygen atoms in total. The third-order valence-corrected chi connectivity index (χ3v) is 3.27. The van der Waals surface area contributed by atoms with Gasteiger partial charge < -0.3 is 15.7 Å². The van der Waals surface area contributed by atoms with E-state index in [1.165, 1.54) is 6.33 Å². The molecule has 0 spiro atoms. The molecule has 1 amide bonds. The monoisotopic (exact) mass is 300 g/mol. The van der Waals surface area contributed by atoms with Gasteiger partial charge in [-0.05, 0) is 18.1 Å². The number of aliphatic hydroxyl groups excluding tert-OH is 1. The van der Waals surface area contributed by atoms with E-state index in [0.717, 1.165) is 0 Å². The van der Waals surface area contributed by atoms with Crippen molar-refractivity contribution in [3.8, 4) is 0 Å². The summed E-state index contributed by atoms with van der Waals surface area (Å²) in [5, 5.41) is 15.2. The van der Waals surface area contributed by atoms with E-state index in [1.807, 2.05) is 32.0 Å². The average Bonchev–Trinajstić information content (AvgIpc) is 2.53. The number of carbonyl (C=O) groups excluding carboxylic acids is 1. The molecule has 2 rings (SSSR count). The van der Waals surface area contributed by atoms with Crippen molar-refractivity contribution < 1.29 is 9.90 Å². The normalized spacial score (nSPS) is 12.0. The molecule has 0 aliphatic carbocycles. The molecule has 0 aliphatic rings. The molecule has 0 aliphatic heterocycles. The minimum Gasteiger partial charge on any atom is -0.394 e. The fourth-order valence-electron chi connectivity index (χ4n) is 1.89. The van der Waals surface area contributed by atoms with Crippen LogP contribution in [0.15, 0.2) is 42.7 Å². The Morgan fingerprint density at radius 2 is 1.95 bits per heavy atom. The molecule has 22 heavy (non-hydrogen) atoms. The number of carbonyl (C=O) groups is 1. The van der Waals surface area contributed by atoms with Gasteiger partial charge in [-0.25, -0.2) is 9.97 Å². The van der Waals surface area contributed by atoms with Crippen LogP contribution in [-0.2, 0) is 0 Å². The van der Waals surface area contributed by atoms with Gasteiger partial charge >= 0.3 is 0 Å². The fourth-order valence-corrected chi connectivity index (χ4v) is 1.89. The number of aromatic nitrogens is 2. The van der Waals surface area contributed by atoms with Gasteiger partial charge in [0.15, 0.2) is 0 Å². The first-order chi connectivity index (χ1) is 10.6. The summed E-state index contributed by atoms with van der Waals surface area (Å²) in [5.41, 5.74) is 0.970. The van der Waals surface area contributed by atoms with Gasteiger partial charge in [-0.3, -0.25) is 4.79 Å². The largest absolute Gasteiger partial charge is 0.394 e. The maximum Gasteiger partial charge on any atom is 0.274 e. The van der Waals surface area contributed by atoms with Crippen LogP contribution in [0.4, 0.5) is 11.5 Å². The van der Waals surface area contributed by atoms with E-state index < -0.39 is 0 Å². The first-order valence-electron chi connectivity index (χ1n) is 7.16. The van der Waals surface area contributed by atoms with Gasteiger partial charge in [0.05, 0.1) is 12.6 Å². The van der Waals surface area contributed by atoms with Crippen LogP contribution in [0, 0.1) is 5.92 Å². The van der Waals surface area contributed by atoms with E-state index in [0.29, 0.717) is 11.5 Å². The molecule has 6 heteroatoms. The molecule has 0 saturated heterocycles. The second-order valence-electron chi connectivity index (χ2n) is 5.29. The van der Waals surface area contributed by atoms with Crippen LogP contribution >= 0.6 is 0 Å². The molecule has 0 fully saturated rings. The van der Waals surface area contributed by atoms with Gasteiger partial charge in [0.2, 0.25) is 0 Å². The number of hydrogen-bond acceptors (Lipinski definition) is 5. The Morgan fingerprint density at radius 3 is 2.59 bits per heavy atom. The Labute approximate surface area is 129 Å². The Morgan fingerprint density at radius 1 is 1.23 bits per heavy atom. The lowest BCUT2D eigenvalue weighted by atomic mass is 10.1. The molecule has 1 atom stereocenters. The summed E-state index contributed by atoms with van der Waals surface area (Å²) in [6, 6.07) is 10.6. The maximum absolute atomic E-state index is 12.2. The van der Waals surface area contributed by atoms with Crippen molar-refractivity contribution >= 4 is 17.4 Å². The quantitative estimate of drug-likeness (QED) is 0.761. The maximum atomic E-state index is 12.2. The SMILES string of the molecule is CC(C)[C@@H](CO)Nc1cc(C(=O)Nc2ccccc2)ncn1. The third-order valence-electron chi connectivity index (χ3n) is 3.27. The Balaban J connectivity index is 2.09. The highest BCUT2D eigenvalue weighted by Gasteiger charge is 2.14. The van der Waals surface area contributed by atoms with Crippen molar-refractivity contribution in [1.29, 1.82) is 0 Å². The number of anilines is 2. The van der Waals surface area contributed by atoms with Crippen molar-refractivity contribution in [2.75, 3.05) is 17.2 Å². The summed E-state index contributed by atoms with van der Waals surface area (Å²) in [5.74, 6) is 0.448. The van der Waals surface area contributed by atoms with Gasteiger partial charge in [-0.2, -0.15) is 0 Å². The first kappa shape index (κ1) is 15.9. The average molecular weight is 300 g/mol. The highest BCUT2D eigenvalue weighted by molar-refractivity contribution is 6.03. The molecular weight excluding hydrogens is 280 g/mol. The lowest BCUT2D eigenvalue weighted by Crippen LogP contribution is -2.30. The lowest BCUT2D eigenvalue weighted by molar-refractivity contribution is 0.102. The van der Waals surface area contributed by atoms with Crippen molar-refractivity contribution in [2.24, 2.45) is 5.92 Å². The van der Waals surface area contributed by atoms with E-state index in [-0.39, 0.29) is 30.2 Å². The van der Waals surface area contributed by atoms with Crippen LogP contribution in [-0.4, -0.2) is 33.6 Å². The Bertz CT molecular complexity index is 617. The molecule has 1 heterocycles. The number of para-hydroxylation sites is 1. The van der Waals surface area contributed by atoms with E-state index >= 15 is 0 Å². The summed E-state index contributed by atoms with van der Waals surface area (Å²) >= 11 is 0. The molecule has 1 aromatic heterocycles. The van der Waals surface area contributed by atoms with Gasteiger partial charge in [0.1, 0.15) is 17.8 Å². The van der Waals surface area contributed by atoms with E-state index in [9.17, 15) is 9.90 Å². The zero-order valence-corrected chi connectivity index (χ0v) is 12.7. The Kier molecular flexibility index (Phi) is 5.43. The summed E-state index contributed by atoms with van der Waals surface area (Å²) in [6.45, 7) is 3.99. The van der Waals surface area contributed by atoms with E-state index in [2.05, 4.69) is 20.6 Å². The van der Waals surface area contributed by atoms with E-state index in [4.69, 9.17) is 0 Å². The molecule has 116 valence electrons. The number of hydrogen-bond donors (Lipinski definition) is 3. The van der Waals surface area contributed by atoms with Gasteiger partial charge in [-0.15, -0.1) is 0 Å². The van der Waals surface area contributed by atoms with Gasteiger partial charge in [-0.1, -0.05) is 32.0 Å². The molecule has 0 unspecified atom stereocenters. The van der Waals surface area contributed by atoms with E-state index in [1.54, 1.807) is 18.2 Å². The zero-order chi connectivity index (χ0) is 15.9. The number of aliphatic hydroxyl groups is 1. The number of benzene rings is 1. The topological polar surface area (TPSA) is 87.1 Å². The summed E-state index contributed by atoms with van der Waals surface area (Å²) in [7, 11) is 0. The summed E-state index contributed by atoms with van der Waals surface area (Å²) in [6.07, 6.45) is 1.33. The van der Waals surface area contributed by atoms with Crippen molar-refractivity contribution in [1.82, 2.24) is 9.97 Å². The number of amides is 1. The molecule has 3 N–H and O–H groups in total. The number of rotatable bonds is 6. The second kappa shape index (κ2) is 7.51. The minimum atomic E-state index is -0.304. The summed E-state index contributed by atoms with van der Waals surface area (Å²) < 4.78 is 0. The van der Waals surface area contributed by atoms with Crippen LogP contribution in [0.5, 0.6) is 0 Å². The van der Waals surface area contributed by atoms with Crippen LogP contribution in [0.25, 0.3) is 0 Å². The molecular formula is C16H20N4O2. The lowest BCUT2D eigenvalue weighted by Gasteiger charge is -2.20. The summed E-state index contributed by atoms with van der Waals surface area (Å²) in [4.78, 5) is 20.3. The third kappa shape index (κ3) is 4.26. The predicted octanol–water partition coefficient (Wildman–Crippen LogP) is 2.16. The zero-order valence-electron chi connectivity index (χ0n) is 12.7. The predicted molar refractivity (Wildman–Crippen MR) is 85.8 cm³/mol. The highest BCUT2D eigenvalue weighted by atomic mass is 16.3. The smallest absolute Gasteiger partial charge is 0.274 e. The Hall–Kier alpha value is -2.47. The molecule has 0 saturated carbocycles. The molecule has 1 aromatic carbocycles. The standard InChI is InChI=1S/C16H20N4O2/c1-11(2)14(9-21)20-15-8-13(17-10-18-15)16(22)19-12-6-4-3-5-7-12/h3-8,10-11,14,21H,9H2,1-2H3,(H,19,22)(H,17,18,20)/t14-/m1/s1. The number of nitrogens with zero attached hydrogens (tertiary/aromatic N) is 2. The van der Waals surface area contributed by atoms with Crippen molar-refractivity contribution in [2.45, 2.75) is 19.9 Å².